The van der Waals surface area contributed by atoms with Crippen LogP contribution in [0.4, 0.5) is 0 Å². The van der Waals surface area contributed by atoms with Crippen molar-refractivity contribution in [3.63, 3.8) is 0 Å². The molecular formula is C15H20BrClN2O2. The van der Waals surface area contributed by atoms with Gasteiger partial charge in [0.25, 0.3) is 0 Å². The van der Waals surface area contributed by atoms with Gasteiger partial charge in [-0.1, -0.05) is 17.7 Å². The summed E-state index contributed by atoms with van der Waals surface area (Å²) in [6.45, 7) is 2.56. The molecule has 1 fully saturated rings. The van der Waals surface area contributed by atoms with Gasteiger partial charge in [-0.05, 0) is 46.5 Å². The summed E-state index contributed by atoms with van der Waals surface area (Å²) in [5, 5.41) is 4.26. The molecule has 1 amide bonds. The molecule has 1 N–H and O–H groups in total. The molecule has 0 spiro atoms. The van der Waals surface area contributed by atoms with E-state index in [4.69, 9.17) is 16.3 Å². The Morgan fingerprint density at radius 3 is 2.81 bits per heavy atom. The van der Waals surface area contributed by atoms with Crippen molar-refractivity contribution in [2.45, 2.75) is 25.4 Å². The molecule has 1 aliphatic heterocycles. The van der Waals surface area contributed by atoms with Gasteiger partial charge in [-0.15, -0.1) is 0 Å². The van der Waals surface area contributed by atoms with Crippen LogP contribution in [0.25, 0.3) is 0 Å². The molecule has 1 aromatic rings. The SMILES string of the molecule is COCC(=O)N1CCC(NCc2ccc(Br)c(Cl)c2)CC1. The van der Waals surface area contributed by atoms with E-state index in [2.05, 4.69) is 27.3 Å². The molecule has 21 heavy (non-hydrogen) atoms. The van der Waals surface area contributed by atoms with Gasteiger partial charge < -0.3 is 15.0 Å². The van der Waals surface area contributed by atoms with Crippen LogP contribution in [0, 0.1) is 0 Å². The molecule has 0 unspecified atom stereocenters. The molecule has 0 atom stereocenters. The van der Waals surface area contributed by atoms with E-state index in [9.17, 15) is 4.79 Å². The van der Waals surface area contributed by atoms with E-state index in [0.717, 1.165) is 42.0 Å². The first-order valence-corrected chi connectivity index (χ1v) is 8.21. The summed E-state index contributed by atoms with van der Waals surface area (Å²) in [6.07, 6.45) is 1.94. The van der Waals surface area contributed by atoms with Crippen molar-refractivity contribution in [3.05, 3.63) is 33.3 Å². The fraction of sp³-hybridized carbons (Fsp3) is 0.533. The number of nitrogens with one attached hydrogen (secondary N) is 1. The smallest absolute Gasteiger partial charge is 0.248 e. The van der Waals surface area contributed by atoms with Crippen molar-refractivity contribution in [2.75, 3.05) is 26.8 Å². The Morgan fingerprint density at radius 2 is 2.19 bits per heavy atom. The number of halogens is 2. The predicted octanol–water partition coefficient (Wildman–Crippen LogP) is 2.83. The number of ether oxygens (including phenoxy) is 1. The van der Waals surface area contributed by atoms with Crippen LogP contribution < -0.4 is 5.32 Å². The highest BCUT2D eigenvalue weighted by molar-refractivity contribution is 9.10. The van der Waals surface area contributed by atoms with E-state index in [1.54, 1.807) is 7.11 Å². The van der Waals surface area contributed by atoms with Crippen molar-refractivity contribution in [2.24, 2.45) is 0 Å². The number of amides is 1. The number of likely N-dealkylation sites (tertiary alicyclic amines) is 1. The number of benzene rings is 1. The Kier molecular flexibility index (Phi) is 6.48. The van der Waals surface area contributed by atoms with Crippen molar-refractivity contribution in [3.8, 4) is 0 Å². The summed E-state index contributed by atoms with van der Waals surface area (Å²) in [5.41, 5.74) is 1.17. The fourth-order valence-corrected chi connectivity index (χ4v) is 2.91. The van der Waals surface area contributed by atoms with E-state index in [1.165, 1.54) is 5.56 Å². The molecule has 1 aromatic carbocycles. The summed E-state index contributed by atoms with van der Waals surface area (Å²) < 4.78 is 5.80. The molecule has 1 saturated heterocycles. The summed E-state index contributed by atoms with van der Waals surface area (Å²) in [6, 6.07) is 6.43. The van der Waals surface area contributed by atoms with Gasteiger partial charge in [0.1, 0.15) is 6.61 Å². The van der Waals surface area contributed by atoms with E-state index < -0.39 is 0 Å². The molecule has 4 nitrogen and oxygen atoms in total. The standard InChI is InChI=1S/C15H20BrClN2O2/c1-21-10-15(20)19-6-4-12(5-7-19)18-9-11-2-3-13(16)14(17)8-11/h2-3,8,12,18H,4-7,9-10H2,1H3. The van der Waals surface area contributed by atoms with E-state index in [-0.39, 0.29) is 12.5 Å². The first-order valence-electron chi connectivity index (χ1n) is 7.04. The molecule has 2 rings (SSSR count). The zero-order chi connectivity index (χ0) is 15.2. The largest absolute Gasteiger partial charge is 0.375 e. The topological polar surface area (TPSA) is 41.6 Å². The second-order valence-corrected chi connectivity index (χ2v) is 6.48. The molecule has 1 aliphatic rings. The molecule has 0 aliphatic carbocycles. The minimum Gasteiger partial charge on any atom is -0.375 e. The van der Waals surface area contributed by atoms with Gasteiger partial charge >= 0.3 is 0 Å². The van der Waals surface area contributed by atoms with Crippen LogP contribution in [0.5, 0.6) is 0 Å². The highest BCUT2D eigenvalue weighted by Crippen LogP contribution is 2.23. The minimum atomic E-state index is 0.0793. The Hall–Kier alpha value is -0.620. The molecule has 116 valence electrons. The lowest BCUT2D eigenvalue weighted by Crippen LogP contribution is -2.45. The Morgan fingerprint density at radius 1 is 1.48 bits per heavy atom. The zero-order valence-corrected chi connectivity index (χ0v) is 14.4. The normalized spacial score (nSPS) is 16.2. The van der Waals surface area contributed by atoms with E-state index in [0.29, 0.717) is 6.04 Å². The number of nitrogens with zero attached hydrogens (tertiary/aromatic N) is 1. The third kappa shape index (κ3) is 4.95. The fourth-order valence-electron chi connectivity index (χ4n) is 2.46. The maximum absolute atomic E-state index is 11.7. The molecular weight excluding hydrogens is 356 g/mol. The summed E-state index contributed by atoms with van der Waals surface area (Å²) in [5.74, 6) is 0.0793. The molecule has 0 aromatic heterocycles. The average Bonchev–Trinajstić information content (AvgIpc) is 2.49. The van der Waals surface area contributed by atoms with E-state index >= 15 is 0 Å². The van der Waals surface area contributed by atoms with Crippen LogP contribution in [0.2, 0.25) is 5.02 Å². The maximum atomic E-state index is 11.7. The maximum Gasteiger partial charge on any atom is 0.248 e. The molecule has 0 saturated carbocycles. The van der Waals surface area contributed by atoms with Gasteiger partial charge in [0.15, 0.2) is 0 Å². The highest BCUT2D eigenvalue weighted by atomic mass is 79.9. The average molecular weight is 376 g/mol. The number of piperidine rings is 1. The van der Waals surface area contributed by atoms with Gasteiger partial charge in [-0.2, -0.15) is 0 Å². The van der Waals surface area contributed by atoms with Crippen LogP contribution >= 0.6 is 27.5 Å². The van der Waals surface area contributed by atoms with Crippen LogP contribution in [0.3, 0.4) is 0 Å². The number of carbonyl (C=O) groups is 1. The van der Waals surface area contributed by atoms with Gasteiger partial charge in [0.2, 0.25) is 5.91 Å². The van der Waals surface area contributed by atoms with Gasteiger partial charge in [0, 0.05) is 37.3 Å². The highest BCUT2D eigenvalue weighted by Gasteiger charge is 2.22. The quantitative estimate of drug-likeness (QED) is 0.860. The van der Waals surface area contributed by atoms with Crippen molar-refractivity contribution >= 4 is 33.4 Å². The number of carbonyl (C=O) groups excluding carboxylic acids is 1. The zero-order valence-electron chi connectivity index (χ0n) is 12.1. The minimum absolute atomic E-state index is 0.0793. The van der Waals surface area contributed by atoms with Gasteiger partial charge in [0.05, 0.1) is 5.02 Å². The van der Waals surface area contributed by atoms with Crippen LogP contribution in [0.15, 0.2) is 22.7 Å². The first-order chi connectivity index (χ1) is 10.1. The second kappa shape index (κ2) is 8.13. The lowest BCUT2D eigenvalue weighted by Gasteiger charge is -2.32. The summed E-state index contributed by atoms with van der Waals surface area (Å²) >= 11 is 9.48. The van der Waals surface area contributed by atoms with Crippen LogP contribution in [-0.4, -0.2) is 43.7 Å². The lowest BCUT2D eigenvalue weighted by atomic mass is 10.0. The van der Waals surface area contributed by atoms with Gasteiger partial charge in [-0.25, -0.2) is 0 Å². The number of hydrogen-bond donors (Lipinski definition) is 1. The third-order valence-electron chi connectivity index (χ3n) is 3.69. The predicted molar refractivity (Wildman–Crippen MR) is 87.5 cm³/mol. The Bertz CT molecular complexity index is 491. The molecule has 1 heterocycles. The first kappa shape index (κ1) is 16.7. The third-order valence-corrected chi connectivity index (χ3v) is 4.93. The number of rotatable bonds is 5. The summed E-state index contributed by atoms with van der Waals surface area (Å²) in [4.78, 5) is 13.6. The van der Waals surface area contributed by atoms with Crippen LogP contribution in [-0.2, 0) is 16.1 Å². The monoisotopic (exact) mass is 374 g/mol. The van der Waals surface area contributed by atoms with Gasteiger partial charge in [-0.3, -0.25) is 4.79 Å². The number of methoxy groups -OCH3 is 1. The second-order valence-electron chi connectivity index (χ2n) is 5.22. The van der Waals surface area contributed by atoms with Crippen molar-refractivity contribution in [1.82, 2.24) is 10.2 Å². The van der Waals surface area contributed by atoms with Crippen molar-refractivity contribution in [1.29, 1.82) is 0 Å². The Balaban J connectivity index is 1.76. The van der Waals surface area contributed by atoms with Crippen molar-refractivity contribution < 1.29 is 9.53 Å². The Labute approximate surface area is 138 Å². The molecule has 0 bridgehead atoms. The van der Waals surface area contributed by atoms with E-state index in [1.807, 2.05) is 17.0 Å². The molecule has 6 heteroatoms. The lowest BCUT2D eigenvalue weighted by molar-refractivity contribution is -0.136. The summed E-state index contributed by atoms with van der Waals surface area (Å²) in [7, 11) is 1.55. The van der Waals surface area contributed by atoms with Crippen LogP contribution in [0.1, 0.15) is 18.4 Å². The number of hydrogen-bond acceptors (Lipinski definition) is 3. The molecule has 0 radical (unpaired) electrons.